The van der Waals surface area contributed by atoms with Gasteiger partial charge in [0.25, 0.3) is 5.69 Å². The van der Waals surface area contributed by atoms with Crippen molar-refractivity contribution in [1.29, 1.82) is 0 Å². The van der Waals surface area contributed by atoms with Gasteiger partial charge in [0.05, 0.1) is 10.8 Å². The first kappa shape index (κ1) is 17.8. The van der Waals surface area contributed by atoms with Gasteiger partial charge in [-0.05, 0) is 29.9 Å². The molecule has 2 unspecified atom stereocenters. The van der Waals surface area contributed by atoms with Crippen LogP contribution in [0.1, 0.15) is 25.0 Å². The Morgan fingerprint density at radius 3 is 2.65 bits per heavy atom. The van der Waals surface area contributed by atoms with E-state index in [1.807, 2.05) is 13.8 Å². The average Bonchev–Trinajstić information content (AvgIpc) is 2.97. The second-order valence-electron chi connectivity index (χ2n) is 6.21. The number of hydrogen-bond acceptors (Lipinski definition) is 4. The molecule has 23 heavy (non-hydrogen) atoms. The molecule has 1 fully saturated rings. The van der Waals surface area contributed by atoms with Crippen molar-refractivity contribution in [3.63, 3.8) is 0 Å². The summed E-state index contributed by atoms with van der Waals surface area (Å²) in [5, 5.41) is 10.9. The van der Waals surface area contributed by atoms with Crippen LogP contribution in [0.15, 0.2) is 28.8 Å². The van der Waals surface area contributed by atoms with Crippen LogP contribution < -0.4 is 0 Å². The van der Waals surface area contributed by atoms with Gasteiger partial charge in [-0.15, -0.1) is 0 Å². The number of nitro benzene ring substituents is 1. The Kier molecular flexibility index (Phi) is 5.01. The van der Waals surface area contributed by atoms with Gasteiger partial charge in [0.2, 0.25) is 0 Å². The largest absolute Gasteiger partial charge is 0.461 e. The summed E-state index contributed by atoms with van der Waals surface area (Å²) < 4.78 is 5.47. The number of carbonyl (C=O) groups is 1. The molecule has 1 aliphatic rings. The number of nitrogens with zero attached hydrogens (tertiary/aromatic N) is 1. The van der Waals surface area contributed by atoms with E-state index in [4.69, 9.17) is 27.9 Å². The normalized spacial score (nSPS) is 21.4. The molecular formula is C16H17Cl2NO4. The minimum atomic E-state index is -0.450. The summed E-state index contributed by atoms with van der Waals surface area (Å²) in [7, 11) is 0. The van der Waals surface area contributed by atoms with Crippen LogP contribution in [-0.4, -0.2) is 10.9 Å². The molecule has 2 atom stereocenters. The van der Waals surface area contributed by atoms with E-state index in [0.29, 0.717) is 11.1 Å². The van der Waals surface area contributed by atoms with E-state index < -0.39 is 4.92 Å². The molecule has 0 spiro atoms. The molecule has 0 amide bonds. The molecule has 1 aromatic rings. The Morgan fingerprint density at radius 2 is 2.09 bits per heavy atom. The third-order valence-corrected chi connectivity index (χ3v) is 4.71. The highest BCUT2D eigenvalue weighted by Crippen LogP contribution is 2.60. The zero-order valence-electron chi connectivity index (χ0n) is 13.0. The van der Waals surface area contributed by atoms with Gasteiger partial charge >= 0.3 is 5.97 Å². The van der Waals surface area contributed by atoms with Crippen LogP contribution in [0.2, 0.25) is 0 Å². The maximum absolute atomic E-state index is 12.2. The number of esters is 1. The van der Waals surface area contributed by atoms with E-state index in [2.05, 4.69) is 0 Å². The fourth-order valence-corrected chi connectivity index (χ4v) is 3.11. The van der Waals surface area contributed by atoms with Gasteiger partial charge in [-0.3, -0.25) is 14.9 Å². The van der Waals surface area contributed by atoms with Crippen LogP contribution in [0.4, 0.5) is 5.69 Å². The second-order valence-corrected chi connectivity index (χ2v) is 7.22. The Labute approximate surface area is 144 Å². The summed E-state index contributed by atoms with van der Waals surface area (Å²) in [4.78, 5) is 22.7. The number of allylic oxidation sites excluding steroid dienone is 1. The van der Waals surface area contributed by atoms with Gasteiger partial charge in [0, 0.05) is 11.6 Å². The fourth-order valence-electron chi connectivity index (χ4n) is 2.84. The second kappa shape index (κ2) is 6.49. The zero-order valence-corrected chi connectivity index (χ0v) is 14.5. The molecule has 0 saturated heterocycles. The Morgan fingerprint density at radius 1 is 1.43 bits per heavy atom. The standard InChI is InChI=1S/C16H17Cl2NO4/c1-9-10(5-4-6-12(9)19(21)22)8-23-15(20)14-11(7-13(17)18)16(14,2)3/h4-7,11,14H,8H2,1-3H3. The molecule has 1 saturated carbocycles. The van der Waals surface area contributed by atoms with Crippen LogP contribution in [0.5, 0.6) is 0 Å². The van der Waals surface area contributed by atoms with Gasteiger partial charge in [-0.2, -0.15) is 0 Å². The maximum atomic E-state index is 12.2. The van der Waals surface area contributed by atoms with Crippen molar-refractivity contribution in [2.24, 2.45) is 17.3 Å². The Balaban J connectivity index is 2.05. The molecule has 1 aliphatic carbocycles. The van der Waals surface area contributed by atoms with E-state index in [1.165, 1.54) is 6.07 Å². The van der Waals surface area contributed by atoms with E-state index in [1.54, 1.807) is 25.1 Å². The molecule has 0 radical (unpaired) electrons. The average molecular weight is 358 g/mol. The maximum Gasteiger partial charge on any atom is 0.310 e. The highest BCUT2D eigenvalue weighted by Gasteiger charge is 2.61. The summed E-state index contributed by atoms with van der Waals surface area (Å²) >= 11 is 11.3. The number of halogens is 2. The molecule has 0 bridgehead atoms. The van der Waals surface area contributed by atoms with Crippen molar-refractivity contribution >= 4 is 34.9 Å². The molecule has 0 aromatic heterocycles. The van der Waals surface area contributed by atoms with E-state index in [0.717, 1.165) is 0 Å². The lowest BCUT2D eigenvalue weighted by atomic mass is 10.1. The molecular weight excluding hydrogens is 341 g/mol. The number of hydrogen-bond donors (Lipinski definition) is 0. The van der Waals surface area contributed by atoms with E-state index >= 15 is 0 Å². The first-order valence-electron chi connectivity index (χ1n) is 7.08. The van der Waals surface area contributed by atoms with Gasteiger partial charge < -0.3 is 4.74 Å². The fraction of sp³-hybridized carbons (Fsp3) is 0.438. The van der Waals surface area contributed by atoms with E-state index in [9.17, 15) is 14.9 Å². The Bertz CT molecular complexity index is 681. The minimum absolute atomic E-state index is 0.00394. The molecule has 0 heterocycles. The van der Waals surface area contributed by atoms with Crippen molar-refractivity contribution in [1.82, 2.24) is 0 Å². The number of benzene rings is 1. The Hall–Kier alpha value is -1.59. The number of nitro groups is 1. The highest BCUT2D eigenvalue weighted by atomic mass is 35.5. The van der Waals surface area contributed by atoms with Crippen LogP contribution >= 0.6 is 23.2 Å². The van der Waals surface area contributed by atoms with Crippen molar-refractivity contribution in [2.75, 3.05) is 0 Å². The minimum Gasteiger partial charge on any atom is -0.461 e. The van der Waals surface area contributed by atoms with Gasteiger partial charge in [0.15, 0.2) is 0 Å². The van der Waals surface area contributed by atoms with Crippen LogP contribution in [0.3, 0.4) is 0 Å². The van der Waals surface area contributed by atoms with Crippen LogP contribution in [0, 0.1) is 34.3 Å². The zero-order chi connectivity index (χ0) is 17.4. The van der Waals surface area contributed by atoms with E-state index in [-0.39, 0.29) is 40.0 Å². The predicted octanol–water partition coefficient (Wildman–Crippen LogP) is 4.54. The van der Waals surface area contributed by atoms with Crippen molar-refractivity contribution < 1.29 is 14.5 Å². The topological polar surface area (TPSA) is 69.4 Å². The first-order chi connectivity index (χ1) is 10.7. The predicted molar refractivity (Wildman–Crippen MR) is 88.2 cm³/mol. The lowest BCUT2D eigenvalue weighted by Gasteiger charge is -2.08. The molecule has 1 aromatic carbocycles. The van der Waals surface area contributed by atoms with Crippen molar-refractivity contribution in [2.45, 2.75) is 27.4 Å². The summed E-state index contributed by atoms with van der Waals surface area (Å²) in [6.07, 6.45) is 1.65. The van der Waals surface area contributed by atoms with Gasteiger partial charge in [0.1, 0.15) is 11.1 Å². The summed E-state index contributed by atoms with van der Waals surface area (Å²) in [5.41, 5.74) is 0.873. The number of carbonyl (C=O) groups excluding carboxylic acids is 1. The van der Waals surface area contributed by atoms with Crippen molar-refractivity contribution in [3.05, 3.63) is 50.0 Å². The lowest BCUT2D eigenvalue weighted by molar-refractivity contribution is -0.385. The SMILES string of the molecule is Cc1c(COC(=O)C2C(C=C(Cl)Cl)C2(C)C)cccc1[N+](=O)[O-]. The molecule has 7 heteroatoms. The molecule has 124 valence electrons. The molecule has 2 rings (SSSR count). The summed E-state index contributed by atoms with van der Waals surface area (Å²) in [6.45, 7) is 5.52. The van der Waals surface area contributed by atoms with Gasteiger partial charge in [-0.1, -0.05) is 49.2 Å². The van der Waals surface area contributed by atoms with Crippen LogP contribution in [-0.2, 0) is 16.1 Å². The summed E-state index contributed by atoms with van der Waals surface area (Å²) in [5.74, 6) is -0.725. The molecule has 0 aliphatic heterocycles. The number of ether oxygens (including phenoxy) is 1. The first-order valence-corrected chi connectivity index (χ1v) is 7.84. The smallest absolute Gasteiger partial charge is 0.310 e. The third-order valence-electron chi connectivity index (χ3n) is 4.45. The van der Waals surface area contributed by atoms with Crippen LogP contribution in [0.25, 0.3) is 0 Å². The van der Waals surface area contributed by atoms with Crippen molar-refractivity contribution in [3.8, 4) is 0 Å². The third kappa shape index (κ3) is 3.67. The molecule has 0 N–H and O–H groups in total. The quantitative estimate of drug-likeness (QED) is 0.440. The van der Waals surface area contributed by atoms with Gasteiger partial charge in [-0.25, -0.2) is 0 Å². The molecule has 5 nitrogen and oxygen atoms in total. The number of rotatable bonds is 5. The monoisotopic (exact) mass is 357 g/mol. The lowest BCUT2D eigenvalue weighted by Crippen LogP contribution is -2.11. The summed E-state index contributed by atoms with van der Waals surface area (Å²) in [6, 6.07) is 4.71. The highest BCUT2D eigenvalue weighted by molar-refractivity contribution is 6.55.